The van der Waals surface area contributed by atoms with Gasteiger partial charge in [0.05, 0.1) is 32.8 Å². The Morgan fingerprint density at radius 2 is 1.69 bits per heavy atom. The number of carbonyl (C=O) groups is 1. The molecule has 0 spiro atoms. The van der Waals surface area contributed by atoms with E-state index in [1.807, 2.05) is 6.07 Å². The minimum Gasteiger partial charge on any atom is -0.383 e. The minimum atomic E-state index is -0.497. The van der Waals surface area contributed by atoms with Crippen molar-refractivity contribution in [2.45, 2.75) is 6.92 Å². The molecule has 2 rings (SSSR count). The van der Waals surface area contributed by atoms with Gasteiger partial charge in [0.25, 0.3) is 5.69 Å². The number of ether oxygens (including phenoxy) is 2. The van der Waals surface area contributed by atoms with Crippen LogP contribution in [0.2, 0.25) is 0 Å². The van der Waals surface area contributed by atoms with Gasteiger partial charge in [-0.05, 0) is 50.1 Å². The summed E-state index contributed by atoms with van der Waals surface area (Å²) in [6.07, 6.45) is 0. The molecule has 12 heteroatoms. The first-order valence-electron chi connectivity index (χ1n) is 9.46. The van der Waals surface area contributed by atoms with Crippen molar-refractivity contribution in [2.24, 2.45) is 10.2 Å². The number of hydrogen-bond donors (Lipinski definition) is 1. The van der Waals surface area contributed by atoms with Gasteiger partial charge in [0, 0.05) is 52.1 Å². The second-order valence-corrected chi connectivity index (χ2v) is 8.28. The zero-order valence-corrected chi connectivity index (χ0v) is 21.0. The van der Waals surface area contributed by atoms with Crippen LogP contribution in [0.5, 0.6) is 0 Å². The van der Waals surface area contributed by atoms with Crippen LogP contribution in [0.3, 0.4) is 0 Å². The quantitative estimate of drug-likeness (QED) is 0.213. The SMILES string of the molecule is COCCN(CCOC)c1ccc(N=Nc2c(Br)cc([N+](=O)[O-])cc2Br)c(NC(C)=O)c1. The largest absolute Gasteiger partial charge is 0.383 e. The molecule has 1 amide bonds. The predicted molar refractivity (Wildman–Crippen MR) is 129 cm³/mol. The average Bonchev–Trinajstić information content (AvgIpc) is 2.73. The number of anilines is 2. The predicted octanol–water partition coefficient (Wildman–Crippen LogP) is 5.59. The van der Waals surface area contributed by atoms with E-state index in [0.29, 0.717) is 52.3 Å². The first-order chi connectivity index (χ1) is 15.3. The van der Waals surface area contributed by atoms with Crippen molar-refractivity contribution in [1.29, 1.82) is 0 Å². The van der Waals surface area contributed by atoms with Gasteiger partial charge >= 0.3 is 0 Å². The third-order valence-electron chi connectivity index (χ3n) is 4.26. The van der Waals surface area contributed by atoms with Crippen LogP contribution in [-0.4, -0.2) is 51.4 Å². The highest BCUT2D eigenvalue weighted by Gasteiger charge is 2.15. The second-order valence-electron chi connectivity index (χ2n) is 6.57. The van der Waals surface area contributed by atoms with Crippen molar-refractivity contribution in [3.05, 3.63) is 49.4 Å². The molecule has 32 heavy (non-hydrogen) atoms. The van der Waals surface area contributed by atoms with Crippen molar-refractivity contribution in [1.82, 2.24) is 0 Å². The Morgan fingerprint density at radius 3 is 2.19 bits per heavy atom. The lowest BCUT2D eigenvalue weighted by Crippen LogP contribution is -2.30. The average molecular weight is 573 g/mol. The van der Waals surface area contributed by atoms with Crippen LogP contribution in [-0.2, 0) is 14.3 Å². The normalized spacial score (nSPS) is 11.0. The van der Waals surface area contributed by atoms with Gasteiger partial charge in [-0.2, -0.15) is 0 Å². The van der Waals surface area contributed by atoms with Gasteiger partial charge in [-0.3, -0.25) is 14.9 Å². The Labute approximate surface area is 202 Å². The number of halogens is 2. The summed E-state index contributed by atoms with van der Waals surface area (Å²) in [5, 5.41) is 22.3. The number of non-ortho nitro benzene ring substituents is 1. The molecular weight excluding hydrogens is 550 g/mol. The van der Waals surface area contributed by atoms with E-state index >= 15 is 0 Å². The maximum atomic E-state index is 11.8. The van der Waals surface area contributed by atoms with Crippen LogP contribution in [0.4, 0.5) is 28.4 Å². The molecule has 0 aliphatic carbocycles. The number of hydrogen-bond acceptors (Lipinski definition) is 8. The molecule has 2 aromatic carbocycles. The highest BCUT2D eigenvalue weighted by atomic mass is 79.9. The third kappa shape index (κ3) is 7.33. The van der Waals surface area contributed by atoms with Crippen molar-refractivity contribution in [3.8, 4) is 0 Å². The molecule has 0 radical (unpaired) electrons. The molecule has 0 fully saturated rings. The number of nitro groups is 1. The standard InChI is InChI=1S/C20H23Br2N5O5/c1-13(28)23-19-12-14(26(6-8-31-2)7-9-32-3)4-5-18(19)24-25-20-16(21)10-15(27(29)30)11-17(20)22/h4-5,10-12H,6-9H2,1-3H3,(H,23,28). The summed E-state index contributed by atoms with van der Waals surface area (Å²) in [5.41, 5.74) is 2.07. The Bertz CT molecular complexity index is 971. The Kier molecular flexibility index (Phi) is 10.2. The smallest absolute Gasteiger partial charge is 0.271 e. The fraction of sp³-hybridized carbons (Fsp3) is 0.350. The van der Waals surface area contributed by atoms with Crippen LogP contribution < -0.4 is 10.2 Å². The maximum Gasteiger partial charge on any atom is 0.271 e. The number of nitro benzene ring substituents is 1. The summed E-state index contributed by atoms with van der Waals surface area (Å²) in [6, 6.07) is 8.11. The second kappa shape index (κ2) is 12.6. The summed E-state index contributed by atoms with van der Waals surface area (Å²) < 4.78 is 11.2. The molecule has 0 saturated heterocycles. The van der Waals surface area contributed by atoms with Crippen molar-refractivity contribution < 1.29 is 19.2 Å². The number of benzene rings is 2. The molecular formula is C20H23Br2N5O5. The van der Waals surface area contributed by atoms with Crippen LogP contribution >= 0.6 is 31.9 Å². The molecule has 0 unspecified atom stereocenters. The molecule has 0 aliphatic heterocycles. The molecule has 1 N–H and O–H groups in total. The van der Waals surface area contributed by atoms with Crippen molar-refractivity contribution in [2.75, 3.05) is 50.7 Å². The summed E-state index contributed by atoms with van der Waals surface area (Å²) in [4.78, 5) is 24.3. The van der Waals surface area contributed by atoms with E-state index in [2.05, 4.69) is 52.3 Å². The van der Waals surface area contributed by atoms with Crippen LogP contribution in [0.1, 0.15) is 6.92 Å². The fourth-order valence-corrected chi connectivity index (χ4v) is 4.05. The molecule has 0 bridgehead atoms. The lowest BCUT2D eigenvalue weighted by atomic mass is 10.2. The maximum absolute atomic E-state index is 11.8. The first kappa shape index (κ1) is 25.8. The number of nitrogens with zero attached hydrogens (tertiary/aromatic N) is 4. The molecule has 0 atom stereocenters. The summed E-state index contributed by atoms with van der Waals surface area (Å²) in [7, 11) is 3.27. The number of nitrogens with one attached hydrogen (secondary N) is 1. The summed E-state index contributed by atoms with van der Waals surface area (Å²) in [5.74, 6) is -0.253. The van der Waals surface area contributed by atoms with Crippen molar-refractivity contribution in [3.63, 3.8) is 0 Å². The van der Waals surface area contributed by atoms with E-state index in [4.69, 9.17) is 9.47 Å². The van der Waals surface area contributed by atoms with E-state index in [0.717, 1.165) is 5.69 Å². The van der Waals surface area contributed by atoms with Gasteiger partial charge in [0.15, 0.2) is 0 Å². The minimum absolute atomic E-state index is 0.0850. The molecule has 0 aromatic heterocycles. The molecule has 0 heterocycles. The van der Waals surface area contributed by atoms with Crippen LogP contribution in [0.15, 0.2) is 49.5 Å². The number of carbonyl (C=O) groups excluding carboxylic acids is 1. The highest BCUT2D eigenvalue weighted by Crippen LogP contribution is 2.39. The van der Waals surface area contributed by atoms with Gasteiger partial charge in [-0.25, -0.2) is 0 Å². The summed E-state index contributed by atoms with van der Waals surface area (Å²) >= 11 is 6.58. The first-order valence-corrected chi connectivity index (χ1v) is 11.0. The zero-order valence-electron chi connectivity index (χ0n) is 17.8. The van der Waals surface area contributed by atoms with Gasteiger partial charge < -0.3 is 19.7 Å². The van der Waals surface area contributed by atoms with Gasteiger partial charge in [0.1, 0.15) is 11.4 Å². The molecule has 10 nitrogen and oxygen atoms in total. The van der Waals surface area contributed by atoms with Crippen molar-refractivity contribution >= 4 is 66.2 Å². The molecule has 0 saturated carbocycles. The summed E-state index contributed by atoms with van der Waals surface area (Å²) in [6.45, 7) is 3.75. The van der Waals surface area contributed by atoms with E-state index in [9.17, 15) is 14.9 Å². The zero-order chi connectivity index (χ0) is 23.7. The van der Waals surface area contributed by atoms with Crippen LogP contribution in [0.25, 0.3) is 0 Å². The van der Waals surface area contributed by atoms with Gasteiger partial charge in [-0.1, -0.05) is 0 Å². The van der Waals surface area contributed by atoms with E-state index in [1.165, 1.54) is 19.1 Å². The number of rotatable bonds is 11. The Hall–Kier alpha value is -2.41. The van der Waals surface area contributed by atoms with E-state index in [1.54, 1.807) is 26.4 Å². The van der Waals surface area contributed by atoms with Crippen LogP contribution in [0, 0.1) is 10.1 Å². The third-order valence-corrected chi connectivity index (χ3v) is 5.47. The number of methoxy groups -OCH3 is 2. The van der Waals surface area contributed by atoms with Gasteiger partial charge in [0.2, 0.25) is 5.91 Å². The topological polar surface area (TPSA) is 119 Å². The van der Waals surface area contributed by atoms with Gasteiger partial charge in [-0.15, -0.1) is 10.2 Å². The number of amides is 1. The molecule has 172 valence electrons. The van der Waals surface area contributed by atoms with E-state index < -0.39 is 4.92 Å². The lowest BCUT2D eigenvalue weighted by molar-refractivity contribution is -0.385. The monoisotopic (exact) mass is 571 g/mol. The molecule has 2 aromatic rings. The fourth-order valence-electron chi connectivity index (χ4n) is 2.73. The Balaban J connectivity index is 2.41. The highest BCUT2D eigenvalue weighted by molar-refractivity contribution is 9.11. The molecule has 0 aliphatic rings. The Morgan fingerprint density at radius 1 is 1.09 bits per heavy atom. The lowest BCUT2D eigenvalue weighted by Gasteiger charge is -2.25. The van der Waals surface area contributed by atoms with E-state index in [-0.39, 0.29) is 11.6 Å². The number of azo groups is 1.